The summed E-state index contributed by atoms with van der Waals surface area (Å²) in [6.07, 6.45) is 0. The molecule has 6 heteroatoms. The summed E-state index contributed by atoms with van der Waals surface area (Å²) in [5.74, 6) is 0. The van der Waals surface area contributed by atoms with Crippen LogP contribution in [0.4, 0.5) is 0 Å². The van der Waals surface area contributed by atoms with Crippen LogP contribution in [-0.4, -0.2) is 12.6 Å². The van der Waals surface area contributed by atoms with Crippen molar-refractivity contribution in [3.63, 3.8) is 0 Å². The van der Waals surface area contributed by atoms with Gasteiger partial charge in [-0.25, -0.2) is 0 Å². The molecule has 0 spiro atoms. The quantitative estimate of drug-likeness (QED) is 0.432. The van der Waals surface area contributed by atoms with E-state index in [1.807, 2.05) is 6.92 Å². The number of nitrogens with zero attached hydrogens (tertiary/aromatic N) is 2. The van der Waals surface area contributed by atoms with Crippen LogP contribution in [0, 0.1) is 23.7 Å². The summed E-state index contributed by atoms with van der Waals surface area (Å²) in [6, 6.07) is 0.162. The van der Waals surface area contributed by atoms with E-state index in [1.165, 1.54) is 0 Å². The summed E-state index contributed by atoms with van der Waals surface area (Å²) in [6.45, 7) is 12.0. The van der Waals surface area contributed by atoms with Gasteiger partial charge < -0.3 is 35.1 Å². The Morgan fingerprint density at radius 3 is 1.36 bits per heavy atom. The van der Waals surface area contributed by atoms with Crippen molar-refractivity contribution in [2.75, 3.05) is 6.54 Å². The molecule has 0 bridgehead atoms. The van der Waals surface area contributed by atoms with E-state index in [1.54, 1.807) is 0 Å². The maximum absolute atomic E-state index is 6.25. The number of nitrogens with two attached hydrogens (primary N) is 2. The van der Waals surface area contributed by atoms with Crippen LogP contribution in [0.1, 0.15) is 6.92 Å². The Balaban J connectivity index is -0.0000000178. The molecular weight excluding hydrogens is 421 g/mol. The van der Waals surface area contributed by atoms with Crippen LogP contribution in [0.3, 0.4) is 0 Å². The van der Waals surface area contributed by atoms with Gasteiger partial charge in [0.15, 0.2) is 0 Å². The Bertz CT molecular complexity index is 67.4. The summed E-state index contributed by atoms with van der Waals surface area (Å²) in [4.78, 5) is 0. The first-order valence-electron chi connectivity index (χ1n) is 2.17. The third-order valence-electron chi connectivity index (χ3n) is 0.372. The van der Waals surface area contributed by atoms with E-state index in [2.05, 4.69) is 0 Å². The standard InChI is InChI=1S/C3H10N2.2CN.Ag.Au/c1-3(5)2-4;2*1-2;;/h3H,2,4-5H2,1H3;;;;/q;2*-1;2*+1. The van der Waals surface area contributed by atoms with E-state index in [-0.39, 0.29) is 50.8 Å². The molecular formula is C5H10AgAuN4. The Morgan fingerprint density at radius 1 is 1.27 bits per heavy atom. The van der Waals surface area contributed by atoms with Crippen molar-refractivity contribution in [3.05, 3.63) is 13.1 Å². The van der Waals surface area contributed by atoms with Gasteiger partial charge in [-0.1, -0.05) is 0 Å². The molecule has 0 fully saturated rings. The van der Waals surface area contributed by atoms with Gasteiger partial charge in [0.05, 0.1) is 0 Å². The van der Waals surface area contributed by atoms with Crippen molar-refractivity contribution in [2.45, 2.75) is 13.0 Å². The summed E-state index contributed by atoms with van der Waals surface area (Å²) >= 11 is 0. The van der Waals surface area contributed by atoms with Crippen LogP contribution in [0.25, 0.3) is 0 Å². The first kappa shape index (κ1) is 30.1. The largest absolute Gasteiger partial charge is 1.00 e. The normalized spacial score (nSPS) is 7.18. The molecule has 0 saturated carbocycles. The minimum Gasteiger partial charge on any atom is -0.512 e. The second-order valence-corrected chi connectivity index (χ2v) is 1.21. The smallest absolute Gasteiger partial charge is 0.512 e. The molecule has 0 aromatic carbocycles. The van der Waals surface area contributed by atoms with Crippen LogP contribution >= 0.6 is 0 Å². The first-order valence-corrected chi connectivity index (χ1v) is 2.17. The minimum atomic E-state index is 0. The van der Waals surface area contributed by atoms with Gasteiger partial charge >= 0.3 is 44.8 Å². The average Bonchev–Trinajstić information content (AvgIpc) is 1.97. The summed E-state index contributed by atoms with van der Waals surface area (Å²) in [5.41, 5.74) is 10.2. The van der Waals surface area contributed by atoms with Crippen LogP contribution in [-0.2, 0) is 44.8 Å². The third-order valence-corrected chi connectivity index (χ3v) is 0.372. The van der Waals surface area contributed by atoms with E-state index < -0.39 is 0 Å². The van der Waals surface area contributed by atoms with Crippen LogP contribution < -0.4 is 11.5 Å². The molecule has 0 aromatic heterocycles. The molecule has 0 rings (SSSR count). The fourth-order valence-electron chi connectivity index (χ4n) is 0. The molecule has 1 unspecified atom stereocenters. The SMILES string of the molecule is CC(N)CN.[Ag+].[Au+].[C-]#N.[C-]#N. The van der Waals surface area contributed by atoms with E-state index in [4.69, 9.17) is 35.1 Å². The average molecular weight is 431 g/mol. The summed E-state index contributed by atoms with van der Waals surface area (Å²) in [7, 11) is 0. The van der Waals surface area contributed by atoms with Crippen LogP contribution in [0.5, 0.6) is 0 Å². The molecule has 0 heterocycles. The molecule has 1 atom stereocenters. The predicted octanol–water partition coefficient (Wildman–Crippen LogP) is -0.520. The van der Waals surface area contributed by atoms with Gasteiger partial charge in [-0.3, -0.25) is 0 Å². The molecule has 0 saturated heterocycles. The van der Waals surface area contributed by atoms with Crippen molar-refractivity contribution in [3.8, 4) is 0 Å². The van der Waals surface area contributed by atoms with Gasteiger partial charge in [0.25, 0.3) is 0 Å². The third kappa shape index (κ3) is 129. The molecule has 0 radical (unpaired) electrons. The molecule has 11 heavy (non-hydrogen) atoms. The van der Waals surface area contributed by atoms with Crippen molar-refractivity contribution in [1.29, 1.82) is 10.5 Å². The zero-order chi connectivity index (χ0) is 8.28. The van der Waals surface area contributed by atoms with Gasteiger partial charge in [0, 0.05) is 12.6 Å². The maximum atomic E-state index is 6.25. The van der Waals surface area contributed by atoms with Gasteiger partial charge in [-0.05, 0) is 6.92 Å². The molecule has 72 valence electrons. The number of hydrogen-bond donors (Lipinski definition) is 2. The molecule has 0 amide bonds. The maximum Gasteiger partial charge on any atom is 1.00 e. The molecule has 0 aromatic rings. The molecule has 0 aliphatic carbocycles. The summed E-state index contributed by atoms with van der Waals surface area (Å²) in [5, 5.41) is 12.5. The van der Waals surface area contributed by atoms with E-state index in [0.717, 1.165) is 0 Å². The van der Waals surface area contributed by atoms with E-state index in [9.17, 15) is 0 Å². The fraction of sp³-hybridized carbons (Fsp3) is 0.600. The van der Waals surface area contributed by atoms with Crippen molar-refractivity contribution in [1.82, 2.24) is 0 Å². The van der Waals surface area contributed by atoms with Gasteiger partial charge in [0.2, 0.25) is 0 Å². The second kappa shape index (κ2) is 47.6. The zero-order valence-electron chi connectivity index (χ0n) is 5.94. The number of hydrogen-bond acceptors (Lipinski definition) is 4. The molecule has 4 nitrogen and oxygen atoms in total. The first-order chi connectivity index (χ1) is 4.27. The minimum absolute atomic E-state index is 0. The predicted molar refractivity (Wildman–Crippen MR) is 32.6 cm³/mol. The Kier molecular flexibility index (Phi) is 130. The molecule has 4 N–H and O–H groups in total. The monoisotopic (exact) mass is 430 g/mol. The second-order valence-electron chi connectivity index (χ2n) is 1.21. The summed E-state index contributed by atoms with van der Waals surface area (Å²) < 4.78 is 0. The van der Waals surface area contributed by atoms with E-state index in [0.29, 0.717) is 6.54 Å². The Hall–Kier alpha value is 0.381. The van der Waals surface area contributed by atoms with E-state index >= 15 is 0 Å². The van der Waals surface area contributed by atoms with Crippen LogP contribution in [0.2, 0.25) is 0 Å². The molecule has 0 aliphatic rings. The topological polar surface area (TPSA) is 99.6 Å². The van der Waals surface area contributed by atoms with Gasteiger partial charge in [-0.15, -0.1) is 0 Å². The molecule has 0 aliphatic heterocycles. The van der Waals surface area contributed by atoms with Crippen molar-refractivity contribution < 1.29 is 44.8 Å². The Morgan fingerprint density at radius 2 is 1.36 bits per heavy atom. The van der Waals surface area contributed by atoms with Crippen LogP contribution in [0.15, 0.2) is 0 Å². The fourth-order valence-corrected chi connectivity index (χ4v) is 0. The number of rotatable bonds is 1. The van der Waals surface area contributed by atoms with Gasteiger partial charge in [-0.2, -0.15) is 0 Å². The van der Waals surface area contributed by atoms with Gasteiger partial charge in [0.1, 0.15) is 0 Å². The Labute approximate surface area is 98.9 Å². The van der Waals surface area contributed by atoms with Crippen molar-refractivity contribution in [2.24, 2.45) is 11.5 Å². The van der Waals surface area contributed by atoms with Crippen molar-refractivity contribution >= 4 is 0 Å². The zero-order valence-corrected chi connectivity index (χ0v) is 9.59.